The monoisotopic (exact) mass is 292 g/mol. The van der Waals surface area contributed by atoms with Gasteiger partial charge in [0.1, 0.15) is 5.82 Å². The average Bonchev–Trinajstić information content (AvgIpc) is 3.23. The van der Waals surface area contributed by atoms with E-state index in [1.807, 2.05) is 4.90 Å². The molecule has 0 aliphatic heterocycles. The van der Waals surface area contributed by atoms with E-state index in [9.17, 15) is 4.79 Å². The summed E-state index contributed by atoms with van der Waals surface area (Å²) in [6.45, 7) is 6.01. The Hall–Kier alpha value is -1.39. The lowest BCUT2D eigenvalue weighted by Crippen LogP contribution is -2.33. The van der Waals surface area contributed by atoms with Crippen LogP contribution in [0.15, 0.2) is 0 Å². The zero-order valence-electron chi connectivity index (χ0n) is 13.4. The van der Waals surface area contributed by atoms with E-state index in [0.29, 0.717) is 11.7 Å². The summed E-state index contributed by atoms with van der Waals surface area (Å²) in [5.41, 5.74) is 0. The van der Waals surface area contributed by atoms with Crippen molar-refractivity contribution >= 4 is 5.91 Å². The number of amides is 1. The van der Waals surface area contributed by atoms with Crippen molar-refractivity contribution in [2.24, 2.45) is 0 Å². The number of unbranched alkanes of at least 4 members (excludes halogenated alkanes) is 4. The summed E-state index contributed by atoms with van der Waals surface area (Å²) >= 11 is 0. The molecule has 2 rings (SSSR count). The van der Waals surface area contributed by atoms with Crippen molar-refractivity contribution in [1.82, 2.24) is 20.1 Å². The molecule has 0 spiro atoms. The summed E-state index contributed by atoms with van der Waals surface area (Å²) in [5, 5.41) is 7.06. The number of hydrogen-bond donors (Lipinski definition) is 1. The molecule has 1 amide bonds. The van der Waals surface area contributed by atoms with Gasteiger partial charge in [-0.3, -0.25) is 9.89 Å². The highest BCUT2D eigenvalue weighted by molar-refractivity contribution is 5.90. The van der Waals surface area contributed by atoms with Gasteiger partial charge in [0.05, 0.1) is 0 Å². The van der Waals surface area contributed by atoms with Crippen molar-refractivity contribution in [3.8, 4) is 0 Å². The van der Waals surface area contributed by atoms with Crippen LogP contribution < -0.4 is 0 Å². The normalized spacial score (nSPS) is 14.4. The highest BCUT2D eigenvalue weighted by Crippen LogP contribution is 2.37. The van der Waals surface area contributed by atoms with Gasteiger partial charge >= 0.3 is 0 Å². The van der Waals surface area contributed by atoms with Gasteiger partial charge in [0.25, 0.3) is 5.91 Å². The number of carbonyl (C=O) groups excluding carboxylic acids is 1. The van der Waals surface area contributed by atoms with Crippen LogP contribution in [0.5, 0.6) is 0 Å². The van der Waals surface area contributed by atoms with Crippen molar-refractivity contribution in [1.29, 1.82) is 0 Å². The molecule has 1 aromatic heterocycles. The van der Waals surface area contributed by atoms with Crippen molar-refractivity contribution in [2.75, 3.05) is 13.1 Å². The molecule has 1 fully saturated rings. The Labute approximate surface area is 127 Å². The molecule has 0 bridgehead atoms. The minimum atomic E-state index is -0.00893. The van der Waals surface area contributed by atoms with Crippen molar-refractivity contribution < 1.29 is 4.79 Å². The van der Waals surface area contributed by atoms with Crippen LogP contribution in [0.4, 0.5) is 0 Å². The topological polar surface area (TPSA) is 61.9 Å². The van der Waals surface area contributed by atoms with E-state index in [4.69, 9.17) is 0 Å². The average molecular weight is 292 g/mol. The zero-order chi connectivity index (χ0) is 15.1. The van der Waals surface area contributed by atoms with Crippen molar-refractivity contribution in [3.05, 3.63) is 11.6 Å². The molecule has 1 heterocycles. The Morgan fingerprint density at radius 2 is 1.76 bits per heavy atom. The lowest BCUT2D eigenvalue weighted by atomic mass is 10.2. The fraction of sp³-hybridized carbons (Fsp3) is 0.812. The van der Waals surface area contributed by atoms with Crippen LogP contribution in [0.25, 0.3) is 0 Å². The molecule has 0 atom stereocenters. The predicted molar refractivity (Wildman–Crippen MR) is 83.3 cm³/mol. The number of hydrogen-bond acceptors (Lipinski definition) is 3. The van der Waals surface area contributed by atoms with Crippen LogP contribution in [0, 0.1) is 0 Å². The van der Waals surface area contributed by atoms with Crippen molar-refractivity contribution in [3.63, 3.8) is 0 Å². The van der Waals surface area contributed by atoms with E-state index in [1.165, 1.54) is 38.5 Å². The summed E-state index contributed by atoms with van der Waals surface area (Å²) in [5.74, 6) is 1.74. The van der Waals surface area contributed by atoms with E-state index in [1.54, 1.807) is 0 Å². The third-order valence-electron chi connectivity index (χ3n) is 4.01. The van der Waals surface area contributed by atoms with Gasteiger partial charge in [0, 0.05) is 19.0 Å². The lowest BCUT2D eigenvalue weighted by Gasteiger charge is -2.21. The molecule has 1 aliphatic rings. The summed E-state index contributed by atoms with van der Waals surface area (Å²) in [6, 6.07) is 0. The molecule has 1 N–H and O–H groups in total. The molecule has 0 aromatic carbocycles. The minimum Gasteiger partial charge on any atom is -0.336 e. The minimum absolute atomic E-state index is 0.00893. The maximum absolute atomic E-state index is 12.6. The molecule has 0 saturated heterocycles. The summed E-state index contributed by atoms with van der Waals surface area (Å²) in [6.07, 6.45) is 9.13. The Kier molecular flexibility index (Phi) is 6.21. The molecule has 0 unspecified atom stereocenters. The summed E-state index contributed by atoms with van der Waals surface area (Å²) in [7, 11) is 0. The van der Waals surface area contributed by atoms with Crippen molar-refractivity contribution in [2.45, 2.75) is 71.1 Å². The largest absolute Gasteiger partial charge is 0.336 e. The first-order chi connectivity index (χ1) is 10.3. The van der Waals surface area contributed by atoms with Crippen LogP contribution in [0.1, 0.15) is 87.6 Å². The Bertz CT molecular complexity index is 429. The van der Waals surface area contributed by atoms with E-state index < -0.39 is 0 Å². The second-order valence-corrected chi connectivity index (χ2v) is 6.02. The molecule has 1 aliphatic carbocycles. The molecular weight excluding hydrogens is 264 g/mol. The Morgan fingerprint density at radius 3 is 2.29 bits per heavy atom. The van der Waals surface area contributed by atoms with Gasteiger partial charge in [-0.05, 0) is 25.7 Å². The SMILES string of the molecule is CCCCCN(CCCCC)C(=O)c1n[nH]c(C2CC2)n1. The van der Waals surface area contributed by atoms with Crippen LogP contribution >= 0.6 is 0 Å². The van der Waals surface area contributed by atoms with Crippen LogP contribution in [-0.2, 0) is 0 Å². The number of carbonyl (C=O) groups is 1. The quantitative estimate of drug-likeness (QED) is 0.671. The molecular formula is C16H28N4O. The first-order valence-corrected chi connectivity index (χ1v) is 8.47. The zero-order valence-corrected chi connectivity index (χ0v) is 13.4. The standard InChI is InChI=1S/C16H28N4O/c1-3-5-7-11-20(12-8-6-4-2)16(21)15-17-14(18-19-15)13-9-10-13/h13H,3-12H2,1-2H3,(H,17,18,19). The third-order valence-corrected chi connectivity index (χ3v) is 4.01. The molecule has 5 heteroatoms. The Balaban J connectivity index is 1.93. The number of aromatic nitrogens is 3. The third kappa shape index (κ3) is 4.83. The number of aromatic amines is 1. The molecule has 1 aromatic rings. The maximum atomic E-state index is 12.6. The number of rotatable bonds is 10. The first-order valence-electron chi connectivity index (χ1n) is 8.47. The second kappa shape index (κ2) is 8.15. The second-order valence-electron chi connectivity index (χ2n) is 6.02. The number of nitrogens with zero attached hydrogens (tertiary/aromatic N) is 3. The van der Waals surface area contributed by atoms with Gasteiger partial charge in [-0.25, -0.2) is 4.98 Å². The number of H-pyrrole nitrogens is 1. The van der Waals surface area contributed by atoms with Gasteiger partial charge < -0.3 is 4.90 Å². The van der Waals surface area contributed by atoms with Gasteiger partial charge in [0.2, 0.25) is 5.82 Å². The van der Waals surface area contributed by atoms with Crippen LogP contribution in [-0.4, -0.2) is 39.1 Å². The Morgan fingerprint density at radius 1 is 1.14 bits per heavy atom. The first kappa shape index (κ1) is 16.0. The van der Waals surface area contributed by atoms with Gasteiger partial charge in [-0.15, -0.1) is 5.10 Å². The van der Waals surface area contributed by atoms with Crippen LogP contribution in [0.2, 0.25) is 0 Å². The molecule has 118 valence electrons. The molecule has 5 nitrogen and oxygen atoms in total. The highest BCUT2D eigenvalue weighted by Gasteiger charge is 2.29. The van der Waals surface area contributed by atoms with E-state index in [0.717, 1.165) is 31.8 Å². The van der Waals surface area contributed by atoms with Gasteiger partial charge in [0.15, 0.2) is 0 Å². The molecule has 1 saturated carbocycles. The number of nitrogens with one attached hydrogen (secondary N) is 1. The lowest BCUT2D eigenvalue weighted by molar-refractivity contribution is 0.0737. The maximum Gasteiger partial charge on any atom is 0.293 e. The molecule has 21 heavy (non-hydrogen) atoms. The summed E-state index contributed by atoms with van der Waals surface area (Å²) in [4.78, 5) is 18.9. The molecule has 0 radical (unpaired) electrons. The smallest absolute Gasteiger partial charge is 0.293 e. The van der Waals surface area contributed by atoms with E-state index in [-0.39, 0.29) is 5.91 Å². The highest BCUT2D eigenvalue weighted by atomic mass is 16.2. The van der Waals surface area contributed by atoms with E-state index in [2.05, 4.69) is 29.0 Å². The predicted octanol–water partition coefficient (Wildman–Crippen LogP) is 3.50. The van der Waals surface area contributed by atoms with E-state index >= 15 is 0 Å². The summed E-state index contributed by atoms with van der Waals surface area (Å²) < 4.78 is 0. The fourth-order valence-corrected chi connectivity index (χ4v) is 2.47. The fourth-order valence-electron chi connectivity index (χ4n) is 2.47. The van der Waals surface area contributed by atoms with Gasteiger partial charge in [-0.1, -0.05) is 39.5 Å². The van der Waals surface area contributed by atoms with Gasteiger partial charge in [-0.2, -0.15) is 0 Å². The van der Waals surface area contributed by atoms with Crippen LogP contribution in [0.3, 0.4) is 0 Å².